The molecule has 10 heteroatoms. The molecule has 0 aromatic heterocycles. The van der Waals surface area contributed by atoms with Crippen molar-refractivity contribution in [1.82, 2.24) is 5.43 Å². The monoisotopic (exact) mass is 475 g/mol. The van der Waals surface area contributed by atoms with Crippen molar-refractivity contribution in [1.29, 1.82) is 0 Å². The van der Waals surface area contributed by atoms with E-state index < -0.39 is 23.6 Å². The number of rotatable bonds is 6. The molecule has 6 nitrogen and oxygen atoms in total. The zero-order chi connectivity index (χ0) is 24.0. The largest absolute Gasteiger partial charge is 0.496 e. The Kier molecular flexibility index (Phi) is 7.34. The van der Waals surface area contributed by atoms with Crippen molar-refractivity contribution >= 4 is 35.3 Å². The zero-order valence-electron chi connectivity index (χ0n) is 17.1. The summed E-state index contributed by atoms with van der Waals surface area (Å²) < 4.78 is 44.4. The molecule has 0 fully saturated rings. The van der Waals surface area contributed by atoms with Gasteiger partial charge in [0.2, 0.25) is 0 Å². The Morgan fingerprint density at radius 2 is 1.67 bits per heavy atom. The number of hydrogen-bond donors (Lipinski definition) is 2. The van der Waals surface area contributed by atoms with Gasteiger partial charge in [-0.1, -0.05) is 41.9 Å². The topological polar surface area (TPSA) is 79.8 Å². The van der Waals surface area contributed by atoms with Crippen molar-refractivity contribution in [3.8, 4) is 5.75 Å². The predicted octanol–water partition coefficient (Wildman–Crippen LogP) is 5.38. The van der Waals surface area contributed by atoms with Gasteiger partial charge in [0, 0.05) is 10.6 Å². The van der Waals surface area contributed by atoms with Crippen LogP contribution in [0.3, 0.4) is 0 Å². The van der Waals surface area contributed by atoms with Crippen molar-refractivity contribution in [2.45, 2.75) is 6.18 Å². The molecule has 0 bridgehead atoms. The molecule has 0 spiro atoms. The smallest absolute Gasteiger partial charge is 0.417 e. The molecule has 0 saturated carbocycles. The third-order valence-corrected chi connectivity index (χ3v) is 4.70. The number of hydrogen-bond acceptors (Lipinski definition) is 4. The summed E-state index contributed by atoms with van der Waals surface area (Å²) in [5, 5.41) is 6.56. The normalized spacial score (nSPS) is 11.3. The maximum absolute atomic E-state index is 13.1. The second kappa shape index (κ2) is 10.2. The number of hydrazone groups is 1. The molecule has 3 rings (SSSR count). The van der Waals surface area contributed by atoms with E-state index in [1.807, 2.05) is 0 Å². The third-order valence-electron chi connectivity index (χ3n) is 4.46. The minimum Gasteiger partial charge on any atom is -0.496 e. The molecular formula is C23H17ClF3N3O3. The third kappa shape index (κ3) is 5.89. The first-order chi connectivity index (χ1) is 15.7. The van der Waals surface area contributed by atoms with Crippen LogP contribution in [0.5, 0.6) is 5.75 Å². The summed E-state index contributed by atoms with van der Waals surface area (Å²) in [6.45, 7) is 0. The Morgan fingerprint density at radius 1 is 0.970 bits per heavy atom. The van der Waals surface area contributed by atoms with E-state index in [0.29, 0.717) is 5.02 Å². The Bertz CT molecular complexity index is 1210. The molecule has 0 unspecified atom stereocenters. The van der Waals surface area contributed by atoms with Gasteiger partial charge in [-0.15, -0.1) is 0 Å². The van der Waals surface area contributed by atoms with Crippen LogP contribution < -0.4 is 15.5 Å². The summed E-state index contributed by atoms with van der Waals surface area (Å²) in [4.78, 5) is 25.3. The van der Waals surface area contributed by atoms with Crippen LogP contribution in [0.1, 0.15) is 31.8 Å². The van der Waals surface area contributed by atoms with Gasteiger partial charge in [0.15, 0.2) is 0 Å². The Labute approximate surface area is 192 Å². The summed E-state index contributed by atoms with van der Waals surface area (Å²) in [5.41, 5.74) is 1.45. The SMILES string of the molecule is COc1ccc(Cl)cc1C(=O)Nc1ccccc1C(=O)N/N=C\c1ccccc1C(F)(F)F. The molecule has 3 aromatic rings. The van der Waals surface area contributed by atoms with Crippen molar-refractivity contribution in [3.63, 3.8) is 0 Å². The summed E-state index contributed by atoms with van der Waals surface area (Å²) in [7, 11) is 1.40. The maximum atomic E-state index is 13.1. The van der Waals surface area contributed by atoms with Gasteiger partial charge < -0.3 is 10.1 Å². The summed E-state index contributed by atoms with van der Waals surface area (Å²) in [5.74, 6) is -1.02. The highest BCUT2D eigenvalue weighted by Crippen LogP contribution is 2.31. The van der Waals surface area contributed by atoms with Crippen LogP contribution in [0.2, 0.25) is 5.02 Å². The molecule has 0 saturated heterocycles. The number of halogens is 4. The minimum atomic E-state index is -4.56. The second-order valence-electron chi connectivity index (χ2n) is 6.63. The molecule has 0 aliphatic heterocycles. The Morgan fingerprint density at radius 3 is 2.39 bits per heavy atom. The van der Waals surface area contributed by atoms with Crippen LogP contribution in [-0.4, -0.2) is 25.1 Å². The van der Waals surface area contributed by atoms with Gasteiger partial charge in [0.05, 0.1) is 35.7 Å². The van der Waals surface area contributed by atoms with Crippen molar-refractivity contribution < 1.29 is 27.5 Å². The number of para-hydroxylation sites is 1. The van der Waals surface area contributed by atoms with Crippen LogP contribution >= 0.6 is 11.6 Å². The molecule has 170 valence electrons. The molecule has 0 atom stereocenters. The van der Waals surface area contributed by atoms with Crippen LogP contribution in [0, 0.1) is 0 Å². The van der Waals surface area contributed by atoms with Crippen molar-refractivity contribution in [3.05, 3.63) is 94.0 Å². The molecular weight excluding hydrogens is 459 g/mol. The Hall–Kier alpha value is -3.85. The molecule has 2 N–H and O–H groups in total. The molecule has 2 amide bonds. The van der Waals surface area contributed by atoms with Gasteiger partial charge in [0.25, 0.3) is 11.8 Å². The van der Waals surface area contributed by atoms with E-state index in [-0.39, 0.29) is 28.1 Å². The fourth-order valence-electron chi connectivity index (χ4n) is 2.93. The van der Waals surface area contributed by atoms with Crippen LogP contribution in [-0.2, 0) is 6.18 Å². The first-order valence-electron chi connectivity index (χ1n) is 9.44. The van der Waals surface area contributed by atoms with E-state index in [4.69, 9.17) is 16.3 Å². The van der Waals surface area contributed by atoms with Gasteiger partial charge in [0.1, 0.15) is 5.75 Å². The van der Waals surface area contributed by atoms with Crippen LogP contribution in [0.15, 0.2) is 71.8 Å². The van der Waals surface area contributed by atoms with E-state index in [9.17, 15) is 22.8 Å². The quantitative estimate of drug-likeness (QED) is 0.371. The molecule has 0 heterocycles. The molecule has 33 heavy (non-hydrogen) atoms. The number of benzene rings is 3. The van der Waals surface area contributed by atoms with E-state index in [1.165, 1.54) is 49.6 Å². The fourth-order valence-corrected chi connectivity index (χ4v) is 3.10. The summed E-state index contributed by atoms with van der Waals surface area (Å²) in [6, 6.07) is 15.4. The van der Waals surface area contributed by atoms with E-state index in [2.05, 4.69) is 15.8 Å². The highest BCUT2D eigenvalue weighted by atomic mass is 35.5. The van der Waals surface area contributed by atoms with Crippen molar-refractivity contribution in [2.24, 2.45) is 5.10 Å². The summed E-state index contributed by atoms with van der Waals surface area (Å²) in [6.07, 6.45) is -3.66. The zero-order valence-corrected chi connectivity index (χ0v) is 17.9. The van der Waals surface area contributed by atoms with Crippen LogP contribution in [0.4, 0.5) is 18.9 Å². The first kappa shape index (κ1) is 23.8. The average Bonchev–Trinajstić information content (AvgIpc) is 2.79. The number of carbonyl (C=O) groups is 2. The maximum Gasteiger partial charge on any atom is 0.417 e. The lowest BCUT2D eigenvalue weighted by atomic mass is 10.1. The number of ether oxygens (including phenoxy) is 1. The van der Waals surface area contributed by atoms with E-state index in [0.717, 1.165) is 12.3 Å². The van der Waals surface area contributed by atoms with Gasteiger partial charge in [-0.3, -0.25) is 9.59 Å². The predicted molar refractivity (Wildman–Crippen MR) is 119 cm³/mol. The van der Waals surface area contributed by atoms with E-state index >= 15 is 0 Å². The number of anilines is 1. The minimum absolute atomic E-state index is 0.0492. The number of nitrogens with one attached hydrogen (secondary N) is 2. The lowest BCUT2D eigenvalue weighted by molar-refractivity contribution is -0.137. The second-order valence-corrected chi connectivity index (χ2v) is 7.06. The number of carbonyl (C=O) groups excluding carboxylic acids is 2. The van der Waals surface area contributed by atoms with E-state index in [1.54, 1.807) is 18.2 Å². The fraction of sp³-hybridized carbons (Fsp3) is 0.0870. The highest BCUT2D eigenvalue weighted by Gasteiger charge is 2.32. The molecule has 0 aliphatic carbocycles. The molecule has 0 aliphatic rings. The van der Waals surface area contributed by atoms with Gasteiger partial charge >= 0.3 is 6.18 Å². The Balaban J connectivity index is 1.79. The highest BCUT2D eigenvalue weighted by molar-refractivity contribution is 6.31. The average molecular weight is 476 g/mol. The molecule has 0 radical (unpaired) electrons. The lowest BCUT2D eigenvalue weighted by Gasteiger charge is -2.12. The number of nitrogens with zero attached hydrogens (tertiary/aromatic N) is 1. The standard InChI is InChI=1S/C23H17ClF3N3O3/c1-33-20-11-10-15(24)12-17(20)21(31)29-19-9-5-3-7-16(19)22(32)30-28-13-14-6-2-4-8-18(14)23(25,26)27/h2-13H,1H3,(H,29,31)(H,30,32)/b28-13-. The number of methoxy groups -OCH3 is 1. The number of amides is 2. The lowest BCUT2D eigenvalue weighted by Crippen LogP contribution is -2.21. The van der Waals surface area contributed by atoms with Gasteiger partial charge in [-0.25, -0.2) is 5.43 Å². The number of alkyl halides is 3. The molecule has 3 aromatic carbocycles. The van der Waals surface area contributed by atoms with Crippen LogP contribution in [0.25, 0.3) is 0 Å². The summed E-state index contributed by atoms with van der Waals surface area (Å²) >= 11 is 5.96. The van der Waals surface area contributed by atoms with Gasteiger partial charge in [-0.2, -0.15) is 18.3 Å². The van der Waals surface area contributed by atoms with Crippen molar-refractivity contribution in [2.75, 3.05) is 12.4 Å². The first-order valence-corrected chi connectivity index (χ1v) is 9.82. The van der Waals surface area contributed by atoms with Gasteiger partial charge in [-0.05, 0) is 36.4 Å².